The number of anilines is 2. The zero-order valence-electron chi connectivity index (χ0n) is 12.1. The first-order chi connectivity index (χ1) is 8.40. The Hall–Kier alpha value is -1.36. The Labute approximate surface area is 110 Å². The van der Waals surface area contributed by atoms with Crippen molar-refractivity contribution >= 4 is 11.8 Å². The average Bonchev–Trinajstić information content (AvgIpc) is 2.27. The molecule has 2 N–H and O–H groups in total. The zero-order chi connectivity index (χ0) is 13.7. The minimum atomic E-state index is 0.342. The number of likely N-dealkylation sites (N-methyl/N-ethyl adjacent to an activating group) is 1. The topological polar surface area (TPSA) is 58.3 Å². The fraction of sp³-hybridized carbons (Fsp3) is 0.692. The van der Waals surface area contributed by atoms with E-state index in [-0.39, 0.29) is 0 Å². The Morgan fingerprint density at radius 3 is 2.50 bits per heavy atom. The lowest BCUT2D eigenvalue weighted by molar-refractivity contribution is 0.408. The second-order valence-corrected chi connectivity index (χ2v) is 5.38. The minimum Gasteiger partial charge on any atom is -0.368 e. The van der Waals surface area contributed by atoms with Gasteiger partial charge in [0.05, 0.1) is 0 Å². The van der Waals surface area contributed by atoms with E-state index in [1.165, 1.54) is 0 Å². The number of rotatable bonds is 6. The van der Waals surface area contributed by atoms with Crippen LogP contribution in [-0.2, 0) is 0 Å². The molecule has 0 saturated carbocycles. The van der Waals surface area contributed by atoms with Crippen LogP contribution in [-0.4, -0.2) is 48.6 Å². The maximum atomic E-state index is 5.69. The summed E-state index contributed by atoms with van der Waals surface area (Å²) in [7, 11) is 4.16. The number of nitrogens with two attached hydrogens (primary N) is 1. The van der Waals surface area contributed by atoms with Crippen LogP contribution in [0.5, 0.6) is 0 Å². The molecule has 5 heteroatoms. The molecule has 1 heterocycles. The Bertz CT molecular complexity index is 376. The molecule has 1 aromatic rings. The summed E-state index contributed by atoms with van der Waals surface area (Å²) in [6.07, 6.45) is 1.79. The van der Waals surface area contributed by atoms with Gasteiger partial charge in [0.25, 0.3) is 0 Å². The second kappa shape index (κ2) is 6.54. The van der Waals surface area contributed by atoms with Crippen LogP contribution < -0.4 is 10.6 Å². The van der Waals surface area contributed by atoms with Crippen molar-refractivity contribution in [3.63, 3.8) is 0 Å². The van der Waals surface area contributed by atoms with Gasteiger partial charge in [0, 0.05) is 31.4 Å². The molecule has 0 amide bonds. The van der Waals surface area contributed by atoms with Crippen molar-refractivity contribution < 1.29 is 0 Å². The summed E-state index contributed by atoms with van der Waals surface area (Å²) in [6.45, 7) is 9.37. The molecule has 102 valence electrons. The summed E-state index contributed by atoms with van der Waals surface area (Å²) in [5, 5.41) is 0. The molecule has 0 unspecified atom stereocenters. The summed E-state index contributed by atoms with van der Waals surface area (Å²) in [6, 6.07) is 0. The van der Waals surface area contributed by atoms with Gasteiger partial charge in [-0.15, -0.1) is 0 Å². The molecular weight excluding hydrogens is 226 g/mol. The Morgan fingerprint density at radius 2 is 1.94 bits per heavy atom. The van der Waals surface area contributed by atoms with Crippen LogP contribution in [0.1, 0.15) is 19.4 Å². The van der Waals surface area contributed by atoms with Gasteiger partial charge in [-0.25, -0.2) is 4.98 Å². The summed E-state index contributed by atoms with van der Waals surface area (Å²) >= 11 is 0. The van der Waals surface area contributed by atoms with Crippen molar-refractivity contribution in [3.8, 4) is 0 Å². The lowest BCUT2D eigenvalue weighted by Crippen LogP contribution is -2.35. The van der Waals surface area contributed by atoms with Crippen molar-refractivity contribution in [3.05, 3.63) is 11.8 Å². The Balaban J connectivity index is 2.89. The SMILES string of the molecule is Cc1cnc(N)nc1N(CCN(C)C)CC(C)C. The van der Waals surface area contributed by atoms with E-state index in [9.17, 15) is 0 Å². The third-order valence-electron chi connectivity index (χ3n) is 2.67. The first kappa shape index (κ1) is 14.7. The van der Waals surface area contributed by atoms with Gasteiger partial charge in [-0.2, -0.15) is 4.98 Å². The van der Waals surface area contributed by atoms with Crippen LogP contribution in [0.3, 0.4) is 0 Å². The van der Waals surface area contributed by atoms with Gasteiger partial charge >= 0.3 is 0 Å². The van der Waals surface area contributed by atoms with Crippen molar-refractivity contribution in [1.82, 2.24) is 14.9 Å². The highest BCUT2D eigenvalue weighted by molar-refractivity contribution is 5.48. The molecular formula is C13H25N5. The van der Waals surface area contributed by atoms with Crippen LogP contribution in [0.15, 0.2) is 6.20 Å². The molecule has 0 aliphatic carbocycles. The monoisotopic (exact) mass is 251 g/mol. The van der Waals surface area contributed by atoms with Gasteiger partial charge in [-0.3, -0.25) is 0 Å². The Morgan fingerprint density at radius 1 is 1.28 bits per heavy atom. The molecule has 0 atom stereocenters. The number of aromatic nitrogens is 2. The molecule has 0 aliphatic heterocycles. The largest absolute Gasteiger partial charge is 0.368 e. The van der Waals surface area contributed by atoms with Crippen molar-refractivity contribution in [2.24, 2.45) is 5.92 Å². The van der Waals surface area contributed by atoms with Gasteiger partial charge < -0.3 is 15.5 Å². The highest BCUT2D eigenvalue weighted by Gasteiger charge is 2.13. The lowest BCUT2D eigenvalue weighted by Gasteiger charge is -2.28. The third kappa shape index (κ3) is 4.49. The molecule has 0 bridgehead atoms. The molecule has 0 saturated heterocycles. The molecule has 0 aliphatic rings. The van der Waals surface area contributed by atoms with Crippen LogP contribution >= 0.6 is 0 Å². The van der Waals surface area contributed by atoms with Gasteiger partial charge in [-0.05, 0) is 26.9 Å². The number of aryl methyl sites for hydroxylation is 1. The molecule has 0 aromatic carbocycles. The van der Waals surface area contributed by atoms with Gasteiger partial charge in [0.2, 0.25) is 5.95 Å². The van der Waals surface area contributed by atoms with Gasteiger partial charge in [0.1, 0.15) is 5.82 Å². The maximum absolute atomic E-state index is 5.69. The van der Waals surface area contributed by atoms with E-state index in [4.69, 9.17) is 5.73 Å². The molecule has 18 heavy (non-hydrogen) atoms. The van der Waals surface area contributed by atoms with E-state index in [0.717, 1.165) is 31.0 Å². The number of nitrogen functional groups attached to an aromatic ring is 1. The quantitative estimate of drug-likeness (QED) is 0.828. The third-order valence-corrected chi connectivity index (χ3v) is 2.67. The first-order valence-corrected chi connectivity index (χ1v) is 6.39. The van der Waals surface area contributed by atoms with Crippen LogP contribution in [0, 0.1) is 12.8 Å². The molecule has 0 spiro atoms. The zero-order valence-corrected chi connectivity index (χ0v) is 12.1. The normalized spacial score (nSPS) is 11.3. The highest BCUT2D eigenvalue weighted by Crippen LogP contribution is 2.18. The maximum Gasteiger partial charge on any atom is 0.221 e. The minimum absolute atomic E-state index is 0.342. The van der Waals surface area contributed by atoms with Gasteiger partial charge in [-0.1, -0.05) is 13.8 Å². The average molecular weight is 251 g/mol. The number of hydrogen-bond donors (Lipinski definition) is 1. The molecule has 0 fully saturated rings. The van der Waals surface area contributed by atoms with Crippen molar-refractivity contribution in [1.29, 1.82) is 0 Å². The summed E-state index contributed by atoms with van der Waals surface area (Å²) in [4.78, 5) is 12.9. The van der Waals surface area contributed by atoms with E-state index < -0.39 is 0 Å². The van der Waals surface area contributed by atoms with Crippen LogP contribution in [0.25, 0.3) is 0 Å². The lowest BCUT2D eigenvalue weighted by atomic mass is 10.2. The molecule has 1 aromatic heterocycles. The molecule has 1 rings (SSSR count). The van der Waals surface area contributed by atoms with E-state index in [1.54, 1.807) is 6.20 Å². The summed E-state index contributed by atoms with van der Waals surface area (Å²) < 4.78 is 0. The van der Waals surface area contributed by atoms with Crippen LogP contribution in [0.4, 0.5) is 11.8 Å². The molecule has 0 radical (unpaired) electrons. The fourth-order valence-electron chi connectivity index (χ4n) is 1.81. The first-order valence-electron chi connectivity index (χ1n) is 6.39. The summed E-state index contributed by atoms with van der Waals surface area (Å²) in [5.74, 6) is 1.88. The predicted octanol–water partition coefficient (Wildman–Crippen LogP) is 1.39. The van der Waals surface area contributed by atoms with Crippen LogP contribution in [0.2, 0.25) is 0 Å². The molecule has 5 nitrogen and oxygen atoms in total. The Kier molecular flexibility index (Phi) is 5.34. The van der Waals surface area contributed by atoms with Gasteiger partial charge in [0.15, 0.2) is 0 Å². The van der Waals surface area contributed by atoms with E-state index in [1.807, 2.05) is 6.92 Å². The standard InChI is InChI=1S/C13H25N5/c1-10(2)9-18(7-6-17(4)5)12-11(3)8-15-13(14)16-12/h8,10H,6-7,9H2,1-5H3,(H2,14,15,16). The van der Waals surface area contributed by atoms with E-state index >= 15 is 0 Å². The van der Waals surface area contributed by atoms with E-state index in [0.29, 0.717) is 11.9 Å². The smallest absolute Gasteiger partial charge is 0.221 e. The fourth-order valence-corrected chi connectivity index (χ4v) is 1.81. The highest BCUT2D eigenvalue weighted by atomic mass is 15.2. The number of hydrogen-bond acceptors (Lipinski definition) is 5. The second-order valence-electron chi connectivity index (χ2n) is 5.38. The predicted molar refractivity (Wildman–Crippen MR) is 76.8 cm³/mol. The van der Waals surface area contributed by atoms with E-state index in [2.05, 4.69) is 47.7 Å². The summed E-state index contributed by atoms with van der Waals surface area (Å²) in [5.41, 5.74) is 6.77. The number of nitrogens with zero attached hydrogens (tertiary/aromatic N) is 4. The van der Waals surface area contributed by atoms with Crippen molar-refractivity contribution in [2.75, 3.05) is 44.4 Å². The van der Waals surface area contributed by atoms with Crippen molar-refractivity contribution in [2.45, 2.75) is 20.8 Å².